The van der Waals surface area contributed by atoms with E-state index >= 15 is 0 Å². The number of hydrogen-bond donors (Lipinski definition) is 0. The monoisotopic (exact) mass is 389 g/mol. The van der Waals surface area contributed by atoms with Crippen LogP contribution in [0.3, 0.4) is 0 Å². The van der Waals surface area contributed by atoms with Gasteiger partial charge in [0, 0.05) is 11.1 Å². The Morgan fingerprint density at radius 3 is 2.71 bits per heavy atom. The fourth-order valence-corrected chi connectivity index (χ4v) is 3.53. The minimum absolute atomic E-state index is 0.192. The highest BCUT2D eigenvalue weighted by Crippen LogP contribution is 2.25. The molecule has 3 heteroatoms. The SMILES string of the molecule is CCCCCCc1ccc2c(c1)CCC(C#Cc1ccc(N=C=S)c(F)c1)=C2. The average Bonchev–Trinajstić information content (AvgIpc) is 2.71. The van der Waals surface area contributed by atoms with Gasteiger partial charge in [-0.2, -0.15) is 4.99 Å². The van der Waals surface area contributed by atoms with Crippen LogP contribution in [0.25, 0.3) is 6.08 Å². The number of thiocarbonyl (C=S) groups is 1. The van der Waals surface area contributed by atoms with Crippen molar-refractivity contribution in [2.75, 3.05) is 0 Å². The Hall–Kier alpha value is -2.53. The van der Waals surface area contributed by atoms with Crippen molar-refractivity contribution in [3.63, 3.8) is 0 Å². The first-order valence-corrected chi connectivity index (χ1v) is 10.3. The maximum absolute atomic E-state index is 13.9. The van der Waals surface area contributed by atoms with Crippen molar-refractivity contribution in [1.29, 1.82) is 0 Å². The minimum Gasteiger partial charge on any atom is -0.205 e. The predicted molar refractivity (Wildman–Crippen MR) is 119 cm³/mol. The summed E-state index contributed by atoms with van der Waals surface area (Å²) >= 11 is 4.52. The third kappa shape index (κ3) is 5.49. The zero-order valence-electron chi connectivity index (χ0n) is 16.2. The highest BCUT2D eigenvalue weighted by Gasteiger charge is 2.10. The van der Waals surface area contributed by atoms with Crippen LogP contribution in [0, 0.1) is 17.7 Å². The van der Waals surface area contributed by atoms with E-state index in [0.29, 0.717) is 5.56 Å². The molecule has 2 aromatic rings. The zero-order valence-corrected chi connectivity index (χ0v) is 17.0. The Balaban J connectivity index is 1.70. The number of nitrogens with zero attached hydrogens (tertiary/aromatic N) is 1. The van der Waals surface area contributed by atoms with Crippen molar-refractivity contribution < 1.29 is 4.39 Å². The number of hydrogen-bond acceptors (Lipinski definition) is 2. The molecule has 0 heterocycles. The summed E-state index contributed by atoms with van der Waals surface area (Å²) in [6.07, 6.45) is 10.4. The normalized spacial score (nSPS) is 12.3. The van der Waals surface area contributed by atoms with E-state index in [1.165, 1.54) is 54.9 Å². The molecule has 1 nitrogen and oxygen atoms in total. The number of fused-ring (bicyclic) bond motifs is 1. The molecular formula is C25H24FNS. The first-order chi connectivity index (χ1) is 13.7. The maximum atomic E-state index is 13.9. The maximum Gasteiger partial charge on any atom is 0.150 e. The van der Waals surface area contributed by atoms with Gasteiger partial charge in [0.25, 0.3) is 0 Å². The van der Waals surface area contributed by atoms with Crippen LogP contribution in [0.15, 0.2) is 47.0 Å². The lowest BCUT2D eigenvalue weighted by molar-refractivity contribution is 0.629. The highest BCUT2D eigenvalue weighted by molar-refractivity contribution is 7.78. The third-order valence-electron chi connectivity index (χ3n) is 5.00. The number of isothiocyanates is 1. The summed E-state index contributed by atoms with van der Waals surface area (Å²) in [5.74, 6) is 5.83. The van der Waals surface area contributed by atoms with Gasteiger partial charge in [-0.15, -0.1) is 0 Å². The van der Waals surface area contributed by atoms with Crippen LogP contribution in [0.2, 0.25) is 0 Å². The van der Waals surface area contributed by atoms with Crippen molar-refractivity contribution in [2.45, 2.75) is 51.9 Å². The molecule has 0 N–H and O–H groups in total. The fraction of sp³-hybridized carbons (Fsp3) is 0.320. The second-order valence-corrected chi connectivity index (χ2v) is 7.32. The van der Waals surface area contributed by atoms with Crippen LogP contribution in [-0.2, 0) is 12.8 Å². The second-order valence-electron chi connectivity index (χ2n) is 7.13. The molecule has 1 aliphatic rings. The summed E-state index contributed by atoms with van der Waals surface area (Å²) < 4.78 is 13.9. The molecule has 0 radical (unpaired) electrons. The molecule has 0 atom stereocenters. The summed E-state index contributed by atoms with van der Waals surface area (Å²) in [4.78, 5) is 3.69. The molecule has 1 aliphatic carbocycles. The Kier molecular flexibility index (Phi) is 7.31. The predicted octanol–water partition coefficient (Wildman–Crippen LogP) is 7.06. The van der Waals surface area contributed by atoms with Crippen molar-refractivity contribution in [1.82, 2.24) is 0 Å². The average molecular weight is 390 g/mol. The van der Waals surface area contributed by atoms with E-state index in [1.54, 1.807) is 12.1 Å². The summed E-state index contributed by atoms with van der Waals surface area (Å²) in [6.45, 7) is 2.24. The van der Waals surface area contributed by atoms with Crippen LogP contribution < -0.4 is 0 Å². The van der Waals surface area contributed by atoms with Gasteiger partial charge in [-0.05, 0) is 78.9 Å². The highest BCUT2D eigenvalue weighted by atomic mass is 32.1. The van der Waals surface area contributed by atoms with Crippen LogP contribution in [0.4, 0.5) is 10.1 Å². The van der Waals surface area contributed by atoms with E-state index in [0.717, 1.165) is 18.4 Å². The molecule has 0 saturated heterocycles. The van der Waals surface area contributed by atoms with E-state index in [2.05, 4.69) is 65.4 Å². The number of aliphatic imine (C=N–C) groups is 1. The zero-order chi connectivity index (χ0) is 19.8. The first-order valence-electron chi connectivity index (χ1n) is 9.91. The molecular weight excluding hydrogens is 365 g/mol. The Morgan fingerprint density at radius 1 is 1.04 bits per heavy atom. The molecule has 0 fully saturated rings. The van der Waals surface area contributed by atoms with Gasteiger partial charge in [-0.3, -0.25) is 0 Å². The Morgan fingerprint density at radius 2 is 1.93 bits per heavy atom. The lowest BCUT2D eigenvalue weighted by Crippen LogP contribution is -2.00. The number of allylic oxidation sites excluding steroid dienone is 1. The molecule has 0 bridgehead atoms. The summed E-state index contributed by atoms with van der Waals surface area (Å²) in [7, 11) is 0. The Bertz CT molecular complexity index is 987. The molecule has 0 aromatic heterocycles. The van der Waals surface area contributed by atoms with E-state index in [1.807, 2.05) is 0 Å². The first kappa shape index (κ1) is 20.2. The number of rotatable bonds is 6. The number of unbranched alkanes of at least 4 members (excludes halogenated alkanes) is 3. The standard InChI is InChI=1S/C25H24FNS/c1-2-3-4-5-6-19-9-12-23-16-20(10-13-22(23)15-19)7-8-21-11-14-25(27-18-28)24(26)17-21/h9,11-12,14-17H,2-6,10,13H2,1H3. The van der Waals surface area contributed by atoms with Crippen LogP contribution >= 0.6 is 12.2 Å². The van der Waals surface area contributed by atoms with Gasteiger partial charge in [0.2, 0.25) is 0 Å². The summed E-state index contributed by atoms with van der Waals surface area (Å²) in [6, 6.07) is 11.5. The van der Waals surface area contributed by atoms with E-state index in [4.69, 9.17) is 0 Å². The quantitative estimate of drug-likeness (QED) is 0.223. The summed E-state index contributed by atoms with van der Waals surface area (Å²) in [5.41, 5.74) is 6.01. The molecule has 0 amide bonds. The molecule has 0 spiro atoms. The molecule has 142 valence electrons. The topological polar surface area (TPSA) is 12.4 Å². The van der Waals surface area contributed by atoms with Gasteiger partial charge in [0.05, 0.1) is 5.16 Å². The third-order valence-corrected chi connectivity index (χ3v) is 5.09. The lowest BCUT2D eigenvalue weighted by atomic mass is 9.90. The van der Waals surface area contributed by atoms with E-state index in [-0.39, 0.29) is 5.69 Å². The van der Waals surface area contributed by atoms with Gasteiger partial charge in [-0.1, -0.05) is 56.2 Å². The fourth-order valence-electron chi connectivity index (χ4n) is 3.43. The van der Waals surface area contributed by atoms with Gasteiger partial charge >= 0.3 is 0 Å². The number of halogens is 1. The number of benzene rings is 2. The van der Waals surface area contributed by atoms with Crippen molar-refractivity contribution >= 4 is 29.1 Å². The molecule has 0 unspecified atom stereocenters. The van der Waals surface area contributed by atoms with Crippen molar-refractivity contribution in [3.05, 3.63) is 70.0 Å². The number of aryl methyl sites for hydroxylation is 2. The van der Waals surface area contributed by atoms with Gasteiger partial charge in [-0.25, -0.2) is 4.39 Å². The molecule has 2 aromatic carbocycles. The summed E-state index contributed by atoms with van der Waals surface area (Å²) in [5, 5.41) is 2.18. The smallest absolute Gasteiger partial charge is 0.150 e. The Labute approximate surface area is 172 Å². The van der Waals surface area contributed by atoms with E-state index < -0.39 is 5.82 Å². The van der Waals surface area contributed by atoms with Crippen LogP contribution in [-0.4, -0.2) is 5.16 Å². The van der Waals surface area contributed by atoms with Crippen LogP contribution in [0.1, 0.15) is 61.3 Å². The molecule has 3 rings (SSSR count). The second kappa shape index (κ2) is 10.1. The van der Waals surface area contributed by atoms with Crippen molar-refractivity contribution in [3.8, 4) is 11.8 Å². The molecule has 28 heavy (non-hydrogen) atoms. The molecule has 0 aliphatic heterocycles. The van der Waals surface area contributed by atoms with Gasteiger partial charge in [0.1, 0.15) is 5.69 Å². The molecule has 0 saturated carbocycles. The van der Waals surface area contributed by atoms with Crippen LogP contribution in [0.5, 0.6) is 0 Å². The minimum atomic E-state index is -0.432. The van der Waals surface area contributed by atoms with E-state index in [9.17, 15) is 4.39 Å². The van der Waals surface area contributed by atoms with Gasteiger partial charge < -0.3 is 0 Å². The van der Waals surface area contributed by atoms with Crippen molar-refractivity contribution in [2.24, 2.45) is 4.99 Å². The largest absolute Gasteiger partial charge is 0.205 e. The van der Waals surface area contributed by atoms with Gasteiger partial charge in [0.15, 0.2) is 5.82 Å². The lowest BCUT2D eigenvalue weighted by Gasteiger charge is -2.15.